The van der Waals surface area contributed by atoms with E-state index in [-0.39, 0.29) is 30.3 Å². The molecule has 0 radical (unpaired) electrons. The number of hydrogen-bond donors (Lipinski definition) is 4. The van der Waals surface area contributed by atoms with Crippen LogP contribution in [0.1, 0.15) is 62.0 Å². The number of nitriles is 1. The normalized spacial score (nSPS) is 18.1. The minimum atomic E-state index is -1.01. The van der Waals surface area contributed by atoms with Gasteiger partial charge in [-0.25, -0.2) is 19.6 Å². The van der Waals surface area contributed by atoms with Gasteiger partial charge in [-0.05, 0) is 63.9 Å². The highest BCUT2D eigenvalue weighted by atomic mass is 16.5. The van der Waals surface area contributed by atoms with E-state index < -0.39 is 36.2 Å². The van der Waals surface area contributed by atoms with Gasteiger partial charge in [0.1, 0.15) is 23.7 Å². The number of fused-ring (bicyclic) bond motifs is 1. The number of methoxy groups -OCH3 is 2. The van der Waals surface area contributed by atoms with E-state index in [0.29, 0.717) is 36.6 Å². The van der Waals surface area contributed by atoms with Gasteiger partial charge in [-0.2, -0.15) is 5.26 Å². The van der Waals surface area contributed by atoms with Gasteiger partial charge in [0.05, 0.1) is 62.1 Å². The van der Waals surface area contributed by atoms with Crippen LogP contribution in [0.4, 0.5) is 9.59 Å². The maximum Gasteiger partial charge on any atom is 0.407 e. The van der Waals surface area contributed by atoms with E-state index in [1.807, 2.05) is 38.1 Å². The summed E-state index contributed by atoms with van der Waals surface area (Å²) in [7, 11) is 2.52. The van der Waals surface area contributed by atoms with Gasteiger partial charge in [-0.3, -0.25) is 9.59 Å². The molecule has 2 aromatic heterocycles. The van der Waals surface area contributed by atoms with Crippen molar-refractivity contribution in [1.29, 1.82) is 5.26 Å². The second-order valence-corrected chi connectivity index (χ2v) is 16.6. The number of aromatic nitrogens is 4. The lowest BCUT2D eigenvalue weighted by Gasteiger charge is -2.29. The number of likely N-dealkylation sites (tertiary alicyclic amines) is 2. The summed E-state index contributed by atoms with van der Waals surface area (Å²) in [5, 5.41) is 17.3. The third-order valence-corrected chi connectivity index (χ3v) is 12.0. The first-order valence-corrected chi connectivity index (χ1v) is 21.1. The van der Waals surface area contributed by atoms with Crippen molar-refractivity contribution in [2.45, 2.75) is 50.9 Å². The van der Waals surface area contributed by atoms with Crippen molar-refractivity contribution in [3.05, 3.63) is 133 Å². The molecular formula is C49H49N9O6. The number of amides is 4. The number of ether oxygens (including phenoxy) is 2. The second-order valence-electron chi connectivity index (χ2n) is 16.6. The molecule has 326 valence electrons. The van der Waals surface area contributed by atoms with Crippen molar-refractivity contribution in [2.75, 3.05) is 27.3 Å². The molecule has 4 amide bonds. The lowest BCUT2D eigenvalue weighted by atomic mass is 9.98. The van der Waals surface area contributed by atoms with E-state index in [2.05, 4.69) is 80.7 Å². The van der Waals surface area contributed by atoms with Crippen molar-refractivity contribution >= 4 is 34.8 Å². The van der Waals surface area contributed by atoms with Crippen molar-refractivity contribution in [2.24, 2.45) is 11.8 Å². The topological polar surface area (TPSA) is 198 Å². The number of hydrogen-bond acceptors (Lipinski definition) is 9. The van der Waals surface area contributed by atoms with E-state index in [1.165, 1.54) is 14.2 Å². The van der Waals surface area contributed by atoms with Gasteiger partial charge < -0.3 is 39.9 Å². The Labute approximate surface area is 370 Å². The third-order valence-electron chi connectivity index (χ3n) is 12.0. The second kappa shape index (κ2) is 18.3. The molecule has 2 aliphatic heterocycles. The maximum absolute atomic E-state index is 14.1. The Morgan fingerprint density at radius 2 is 1.33 bits per heavy atom. The summed E-state index contributed by atoms with van der Waals surface area (Å²) in [6, 6.07) is 29.4. The van der Waals surface area contributed by atoms with Crippen LogP contribution in [-0.4, -0.2) is 87.1 Å². The van der Waals surface area contributed by atoms with Gasteiger partial charge >= 0.3 is 12.2 Å². The molecule has 5 atom stereocenters. The number of alkyl carbamates (subject to hydrolysis) is 2. The summed E-state index contributed by atoms with van der Waals surface area (Å²) in [4.78, 5) is 71.7. The first-order valence-electron chi connectivity index (χ1n) is 21.1. The molecular weight excluding hydrogens is 811 g/mol. The summed E-state index contributed by atoms with van der Waals surface area (Å²) in [5.41, 5.74) is 7.03. The number of nitrogens with one attached hydrogen (secondary N) is 4. The molecule has 0 spiro atoms. The fraction of sp³-hybridized carbons (Fsp3) is 0.286. The molecule has 0 unspecified atom stereocenters. The lowest BCUT2D eigenvalue weighted by molar-refractivity contribution is -0.135. The highest BCUT2D eigenvalue weighted by Crippen LogP contribution is 2.38. The number of H-pyrrole nitrogens is 2. The molecule has 4 heterocycles. The van der Waals surface area contributed by atoms with Gasteiger partial charge in [-0.1, -0.05) is 105 Å². The molecule has 15 nitrogen and oxygen atoms in total. The van der Waals surface area contributed by atoms with Gasteiger partial charge in [-0.15, -0.1) is 0 Å². The summed E-state index contributed by atoms with van der Waals surface area (Å²) in [6.45, 7) is 8.48. The molecule has 4 N–H and O–H groups in total. The first-order chi connectivity index (χ1) is 30.9. The van der Waals surface area contributed by atoms with Crippen LogP contribution in [-0.2, 0) is 19.1 Å². The lowest BCUT2D eigenvalue weighted by Crippen LogP contribution is -2.51. The smallest absolute Gasteiger partial charge is 0.407 e. The van der Waals surface area contributed by atoms with Crippen molar-refractivity contribution < 1.29 is 28.7 Å². The third kappa shape index (κ3) is 8.80. The zero-order chi connectivity index (χ0) is 45.1. The monoisotopic (exact) mass is 859 g/mol. The van der Waals surface area contributed by atoms with Crippen LogP contribution in [0.3, 0.4) is 0 Å². The Morgan fingerprint density at radius 3 is 1.97 bits per heavy atom. The predicted octanol–water partition coefficient (Wildman–Crippen LogP) is 8.01. The maximum atomic E-state index is 14.1. The van der Waals surface area contributed by atoms with Gasteiger partial charge in [0.25, 0.3) is 5.91 Å². The molecule has 2 fully saturated rings. The minimum absolute atomic E-state index is 0.154. The average molecular weight is 860 g/mol. The number of carbonyl (C=O) groups is 4. The quantitative estimate of drug-likeness (QED) is 0.0933. The van der Waals surface area contributed by atoms with Crippen LogP contribution in [0.2, 0.25) is 0 Å². The molecule has 2 saturated heterocycles. The standard InChI is InChI=1S/C49H49N9O6/c1-28(2)42(55-48(61)63-4)46(59)57-26-29(3)19-40(57)44-51-24-38(53-44)32-13-11-31(12-14-32)34-15-16-36-22-37(18-17-35(36)21-34)39-25-52-45(54-39)41-20-30(23-50)27-58(41)47(60)43(56-49(62)64-5)33-9-7-6-8-10-33/h6-18,21-22,24-25,28,30,40-43H,3,19-20,26-27H2,1-2,4-5H3,(H,51,53)(H,52,54)(H,55,61)(H,56,62)/t30-,40+,41+,42+,43-/m1/s1. The Morgan fingerprint density at radius 1 is 0.750 bits per heavy atom. The molecule has 4 aromatic carbocycles. The number of imidazole rings is 2. The summed E-state index contributed by atoms with van der Waals surface area (Å²) in [6.07, 6.45) is 3.09. The predicted molar refractivity (Wildman–Crippen MR) is 240 cm³/mol. The van der Waals surface area contributed by atoms with E-state index in [9.17, 15) is 24.4 Å². The van der Waals surface area contributed by atoms with Crippen LogP contribution >= 0.6 is 0 Å². The Kier molecular flexibility index (Phi) is 12.3. The number of rotatable bonds is 11. The zero-order valence-electron chi connectivity index (χ0n) is 36.0. The van der Waals surface area contributed by atoms with E-state index in [4.69, 9.17) is 14.5 Å². The average Bonchev–Trinajstić information content (AvgIpc) is 4.16. The van der Waals surface area contributed by atoms with Crippen LogP contribution in [0.25, 0.3) is 44.4 Å². The fourth-order valence-electron chi connectivity index (χ4n) is 8.60. The molecule has 8 rings (SSSR count). The Bertz CT molecular complexity index is 2760. The highest BCUT2D eigenvalue weighted by Gasteiger charge is 2.42. The van der Waals surface area contributed by atoms with Crippen molar-refractivity contribution in [3.63, 3.8) is 0 Å². The molecule has 2 aliphatic rings. The number of nitrogens with zero attached hydrogens (tertiary/aromatic N) is 5. The molecule has 0 aliphatic carbocycles. The van der Waals surface area contributed by atoms with Crippen molar-refractivity contribution in [3.8, 4) is 39.7 Å². The van der Waals surface area contributed by atoms with Crippen LogP contribution in [0.5, 0.6) is 0 Å². The summed E-state index contributed by atoms with van der Waals surface area (Å²) < 4.78 is 9.60. The first kappa shape index (κ1) is 42.9. The molecule has 15 heteroatoms. The van der Waals surface area contributed by atoms with Crippen LogP contribution in [0, 0.1) is 23.2 Å². The SMILES string of the molecule is C=C1C[C@@H](c2ncc(-c3ccc(-c4ccc5cc(-c6cnc([C@@H]7C[C@H](C#N)CN7C(=O)[C@H](NC(=O)OC)c7ccccc7)[nH]6)ccc5c4)cc3)[nH]2)N(C(=O)[C@@H](NC(=O)OC)C(C)C)C1. The molecule has 64 heavy (non-hydrogen) atoms. The highest BCUT2D eigenvalue weighted by molar-refractivity contribution is 5.91. The van der Waals surface area contributed by atoms with Gasteiger partial charge in [0.2, 0.25) is 5.91 Å². The van der Waals surface area contributed by atoms with E-state index in [0.717, 1.165) is 50.0 Å². The molecule has 0 bridgehead atoms. The number of aromatic amines is 2. The van der Waals surface area contributed by atoms with Crippen LogP contribution < -0.4 is 10.6 Å². The molecule has 0 saturated carbocycles. The minimum Gasteiger partial charge on any atom is -0.453 e. The van der Waals surface area contributed by atoms with Gasteiger partial charge in [0.15, 0.2) is 0 Å². The Hall–Kier alpha value is -7.73. The van der Waals surface area contributed by atoms with E-state index >= 15 is 0 Å². The molecule has 6 aromatic rings. The zero-order valence-corrected chi connectivity index (χ0v) is 36.0. The largest absolute Gasteiger partial charge is 0.453 e. The summed E-state index contributed by atoms with van der Waals surface area (Å²) >= 11 is 0. The summed E-state index contributed by atoms with van der Waals surface area (Å²) in [5.74, 6) is 0.0793. The van der Waals surface area contributed by atoms with Crippen molar-refractivity contribution in [1.82, 2.24) is 40.4 Å². The number of benzene rings is 4. The van der Waals surface area contributed by atoms with Gasteiger partial charge in [0, 0.05) is 18.7 Å². The van der Waals surface area contributed by atoms with E-state index in [1.54, 1.807) is 46.5 Å². The van der Waals surface area contributed by atoms with Crippen LogP contribution in [0.15, 0.2) is 116 Å². The fourth-order valence-corrected chi connectivity index (χ4v) is 8.60. The number of carbonyl (C=O) groups excluding carboxylic acids is 4. The Balaban J connectivity index is 0.966.